The molecule has 2 aromatic heterocycles. The average Bonchev–Trinajstić information content (AvgIpc) is 3.29. The Balaban J connectivity index is 2.07. The fraction of sp³-hybridized carbons (Fsp3) is 0.240. The Morgan fingerprint density at radius 3 is 2.79 bits per heavy atom. The van der Waals surface area contributed by atoms with Gasteiger partial charge >= 0.3 is 5.97 Å². The van der Waals surface area contributed by atoms with E-state index in [1.165, 1.54) is 6.08 Å². The van der Waals surface area contributed by atoms with Gasteiger partial charge in [0.15, 0.2) is 0 Å². The van der Waals surface area contributed by atoms with E-state index >= 15 is 0 Å². The summed E-state index contributed by atoms with van der Waals surface area (Å²) in [5.74, 6) is -0.319. The molecule has 0 aliphatic heterocycles. The second kappa shape index (κ2) is 10.9. The van der Waals surface area contributed by atoms with Gasteiger partial charge in [0.25, 0.3) is 5.56 Å². The number of aliphatic hydroxyl groups is 1. The number of halogens is 1. The topological polar surface area (TPSA) is 126 Å². The summed E-state index contributed by atoms with van der Waals surface area (Å²) in [6.45, 7) is 5.79. The molecular weight excluding hydrogens is 460 g/mol. The number of hydrogen-bond donors (Lipinski definition) is 2. The second-order valence-electron chi connectivity index (χ2n) is 7.41. The monoisotopic (exact) mass is 482 g/mol. The van der Waals surface area contributed by atoms with Crippen LogP contribution < -0.4 is 16.0 Å². The van der Waals surface area contributed by atoms with E-state index in [2.05, 4.69) is 6.58 Å². The molecule has 176 valence electrons. The van der Waals surface area contributed by atoms with E-state index in [4.69, 9.17) is 25.9 Å². The molecule has 0 aliphatic rings. The van der Waals surface area contributed by atoms with Crippen LogP contribution in [0.4, 0.5) is 0 Å². The Labute approximate surface area is 200 Å². The maximum atomic E-state index is 12.9. The van der Waals surface area contributed by atoms with Crippen molar-refractivity contribution in [1.29, 1.82) is 5.26 Å². The van der Waals surface area contributed by atoms with E-state index < -0.39 is 17.4 Å². The maximum absolute atomic E-state index is 12.9. The minimum absolute atomic E-state index is 0.0298. The van der Waals surface area contributed by atoms with Crippen molar-refractivity contribution in [1.82, 2.24) is 4.57 Å². The molecule has 0 atom stereocenters. The van der Waals surface area contributed by atoms with Crippen LogP contribution in [0.1, 0.15) is 41.4 Å². The lowest BCUT2D eigenvalue weighted by Gasteiger charge is -2.09. The predicted molar refractivity (Wildman–Crippen MR) is 127 cm³/mol. The number of furan rings is 1. The van der Waals surface area contributed by atoms with Crippen molar-refractivity contribution >= 4 is 30.2 Å². The highest BCUT2D eigenvalue weighted by Gasteiger charge is 2.16. The van der Waals surface area contributed by atoms with Gasteiger partial charge in [-0.1, -0.05) is 25.1 Å². The van der Waals surface area contributed by atoms with E-state index in [9.17, 15) is 20.0 Å². The number of nitrogens with zero attached hydrogens (tertiary/aromatic N) is 2. The van der Waals surface area contributed by atoms with Gasteiger partial charge in [-0.3, -0.25) is 9.36 Å². The van der Waals surface area contributed by atoms with Crippen molar-refractivity contribution in [2.75, 3.05) is 13.2 Å². The standard InChI is InChI=1S/C25H23ClN2O6/c1-3-11-33-25(32)19-12-16(5-7-21(19)26)22-8-6-17(34-22)13-18-15(2)20(14-27)24(31)28(23(18)30)9-4-10-29/h5-8,12-13,29,31H,2-4,9-11H2,1H3. The molecule has 8 nitrogen and oxygen atoms in total. The van der Waals surface area contributed by atoms with Gasteiger partial charge < -0.3 is 19.4 Å². The number of ether oxygens (including phenoxy) is 1. The third kappa shape index (κ3) is 5.06. The number of aromatic hydroxyl groups is 1. The molecule has 0 unspecified atom stereocenters. The number of esters is 1. The number of carbonyl (C=O) groups excluding carboxylic acids is 1. The number of benzene rings is 1. The molecule has 9 heteroatoms. The Kier molecular flexibility index (Phi) is 7.95. The summed E-state index contributed by atoms with van der Waals surface area (Å²) < 4.78 is 12.0. The molecule has 0 saturated carbocycles. The first-order chi connectivity index (χ1) is 16.3. The highest BCUT2D eigenvalue weighted by Crippen LogP contribution is 2.27. The SMILES string of the molecule is C=c1c(C#N)c(O)n(CCCO)c(=O)c1=Cc1ccc(-c2ccc(Cl)c(C(=O)OCCC)c2)o1. The van der Waals surface area contributed by atoms with Crippen LogP contribution in [0.5, 0.6) is 5.88 Å². The zero-order valence-electron chi connectivity index (χ0n) is 18.5. The third-order valence-electron chi connectivity index (χ3n) is 5.05. The van der Waals surface area contributed by atoms with E-state index in [1.807, 2.05) is 13.0 Å². The molecule has 3 rings (SSSR count). The maximum Gasteiger partial charge on any atom is 0.339 e. The summed E-state index contributed by atoms with van der Waals surface area (Å²) in [6, 6.07) is 9.96. The zero-order valence-corrected chi connectivity index (χ0v) is 19.3. The lowest BCUT2D eigenvalue weighted by atomic mass is 10.1. The van der Waals surface area contributed by atoms with Crippen LogP contribution in [-0.4, -0.2) is 34.0 Å². The fourth-order valence-corrected chi connectivity index (χ4v) is 3.51. The summed E-state index contributed by atoms with van der Waals surface area (Å²) in [5.41, 5.74) is 0.0773. The van der Waals surface area contributed by atoms with Crippen molar-refractivity contribution in [3.05, 3.63) is 73.0 Å². The van der Waals surface area contributed by atoms with Gasteiger partial charge in [-0.2, -0.15) is 5.26 Å². The number of pyridine rings is 1. The first kappa shape index (κ1) is 24.8. The van der Waals surface area contributed by atoms with Crippen molar-refractivity contribution < 1.29 is 24.2 Å². The van der Waals surface area contributed by atoms with Crippen molar-refractivity contribution in [3.63, 3.8) is 0 Å². The van der Waals surface area contributed by atoms with Crippen LogP contribution in [0.25, 0.3) is 24.0 Å². The van der Waals surface area contributed by atoms with Crippen LogP contribution in [0.2, 0.25) is 5.02 Å². The highest BCUT2D eigenvalue weighted by molar-refractivity contribution is 6.33. The molecule has 3 aromatic rings. The van der Waals surface area contributed by atoms with Crippen molar-refractivity contribution in [2.45, 2.75) is 26.3 Å². The number of rotatable bonds is 8. The normalized spacial score (nSPS) is 11.4. The van der Waals surface area contributed by atoms with Gasteiger partial charge in [0, 0.05) is 23.9 Å². The Morgan fingerprint density at radius 1 is 1.35 bits per heavy atom. The van der Waals surface area contributed by atoms with Gasteiger partial charge in [-0.05, 0) is 49.2 Å². The molecule has 0 amide bonds. The summed E-state index contributed by atoms with van der Waals surface area (Å²) in [6.07, 6.45) is 2.33. The lowest BCUT2D eigenvalue weighted by molar-refractivity contribution is 0.0505. The quantitative estimate of drug-likeness (QED) is 0.472. The zero-order chi connectivity index (χ0) is 24.8. The molecule has 2 heterocycles. The van der Waals surface area contributed by atoms with E-state index in [-0.39, 0.29) is 52.8 Å². The summed E-state index contributed by atoms with van der Waals surface area (Å²) in [7, 11) is 0. The van der Waals surface area contributed by atoms with E-state index in [1.54, 1.807) is 30.3 Å². The number of aliphatic hydroxyl groups excluding tert-OH is 1. The van der Waals surface area contributed by atoms with Gasteiger partial charge in [0.2, 0.25) is 5.88 Å². The average molecular weight is 483 g/mol. The van der Waals surface area contributed by atoms with Crippen LogP contribution >= 0.6 is 11.6 Å². The molecule has 0 aliphatic carbocycles. The van der Waals surface area contributed by atoms with E-state index in [0.29, 0.717) is 23.5 Å². The molecule has 2 N–H and O–H groups in total. The highest BCUT2D eigenvalue weighted by atomic mass is 35.5. The Bertz CT molecular complexity index is 1430. The minimum Gasteiger partial charge on any atom is -0.493 e. The number of hydrogen-bond acceptors (Lipinski definition) is 7. The lowest BCUT2D eigenvalue weighted by Crippen LogP contribution is -2.46. The van der Waals surface area contributed by atoms with Gasteiger partial charge in [-0.15, -0.1) is 0 Å². The number of aromatic nitrogens is 1. The smallest absolute Gasteiger partial charge is 0.339 e. The molecule has 1 aromatic carbocycles. The van der Waals surface area contributed by atoms with Crippen LogP contribution in [0.3, 0.4) is 0 Å². The van der Waals surface area contributed by atoms with Gasteiger partial charge in [0.05, 0.1) is 22.4 Å². The fourth-order valence-electron chi connectivity index (χ4n) is 3.31. The van der Waals surface area contributed by atoms with Crippen LogP contribution in [-0.2, 0) is 11.3 Å². The molecule has 0 spiro atoms. The molecule has 0 fully saturated rings. The third-order valence-corrected chi connectivity index (χ3v) is 5.38. The first-order valence-corrected chi connectivity index (χ1v) is 10.9. The van der Waals surface area contributed by atoms with Gasteiger partial charge in [-0.25, -0.2) is 4.79 Å². The molecule has 0 saturated heterocycles. The molecule has 0 radical (unpaired) electrons. The minimum atomic E-state index is -0.569. The Hall–Kier alpha value is -3.80. The summed E-state index contributed by atoms with van der Waals surface area (Å²) >= 11 is 6.15. The molecule has 34 heavy (non-hydrogen) atoms. The number of nitriles is 1. The van der Waals surface area contributed by atoms with Gasteiger partial charge in [0.1, 0.15) is 23.2 Å². The van der Waals surface area contributed by atoms with Crippen molar-refractivity contribution in [2.24, 2.45) is 0 Å². The van der Waals surface area contributed by atoms with Crippen molar-refractivity contribution in [3.8, 4) is 23.3 Å². The summed E-state index contributed by atoms with van der Waals surface area (Å²) in [4.78, 5) is 25.2. The molecular formula is C25H23ClN2O6. The van der Waals surface area contributed by atoms with Crippen LogP contribution in [0.15, 0.2) is 39.5 Å². The van der Waals surface area contributed by atoms with Crippen LogP contribution in [0, 0.1) is 11.3 Å². The first-order valence-electron chi connectivity index (χ1n) is 10.6. The Morgan fingerprint density at radius 2 is 2.12 bits per heavy atom. The van der Waals surface area contributed by atoms with E-state index in [0.717, 1.165) is 4.57 Å². The predicted octanol–water partition coefficient (Wildman–Crippen LogP) is 2.53. The largest absolute Gasteiger partial charge is 0.493 e. The second-order valence-corrected chi connectivity index (χ2v) is 7.82. The number of carbonyl (C=O) groups is 1. The summed E-state index contributed by atoms with van der Waals surface area (Å²) in [5, 5.41) is 29.2. The molecule has 0 bridgehead atoms.